The number of aromatic nitrogens is 1. The first-order chi connectivity index (χ1) is 13.0. The van der Waals surface area contributed by atoms with Gasteiger partial charge in [-0.1, -0.05) is 0 Å². The predicted molar refractivity (Wildman–Crippen MR) is 125 cm³/mol. The maximum Gasteiger partial charge on any atom is 0.191 e. The highest BCUT2D eigenvalue weighted by Gasteiger charge is 2.13. The van der Waals surface area contributed by atoms with E-state index in [4.69, 9.17) is 14.2 Å². The highest BCUT2D eigenvalue weighted by Crippen LogP contribution is 2.34. The highest BCUT2D eigenvalue weighted by molar-refractivity contribution is 14.0. The summed E-state index contributed by atoms with van der Waals surface area (Å²) in [4.78, 5) is 10.4. The van der Waals surface area contributed by atoms with Crippen LogP contribution in [0.4, 0.5) is 0 Å². The van der Waals surface area contributed by atoms with Crippen LogP contribution in [0, 0.1) is 13.8 Å². The first-order valence-electron chi connectivity index (χ1n) is 8.76. The van der Waals surface area contributed by atoms with E-state index >= 15 is 0 Å². The van der Waals surface area contributed by atoms with Gasteiger partial charge < -0.3 is 24.8 Å². The summed E-state index contributed by atoms with van der Waals surface area (Å²) >= 11 is 1.69. The fraction of sp³-hybridized carbons (Fsp3) is 0.474. The monoisotopic (exact) mass is 520 g/mol. The lowest BCUT2D eigenvalue weighted by Gasteiger charge is -2.15. The molecule has 156 valence electrons. The Morgan fingerprint density at radius 3 is 2.18 bits per heavy atom. The Bertz CT molecular complexity index is 770. The number of aliphatic imine (C=N–C) groups is 1. The average molecular weight is 520 g/mol. The molecule has 0 saturated carbocycles. The molecule has 0 unspecified atom stereocenters. The van der Waals surface area contributed by atoms with Crippen LogP contribution in [-0.2, 0) is 13.1 Å². The molecular weight excluding hydrogens is 491 g/mol. The highest BCUT2D eigenvalue weighted by atomic mass is 127. The third-order valence-corrected chi connectivity index (χ3v) is 5.05. The number of thiazole rings is 1. The first-order valence-corrected chi connectivity index (χ1v) is 9.57. The third kappa shape index (κ3) is 6.40. The third-order valence-electron chi connectivity index (χ3n) is 3.97. The second kappa shape index (κ2) is 11.9. The van der Waals surface area contributed by atoms with Crippen LogP contribution in [0.1, 0.15) is 28.1 Å². The number of nitrogens with zero attached hydrogens (tertiary/aromatic N) is 2. The molecule has 0 amide bonds. The number of hydrogen-bond donors (Lipinski definition) is 2. The van der Waals surface area contributed by atoms with Crippen LogP contribution in [0.25, 0.3) is 0 Å². The summed E-state index contributed by atoms with van der Waals surface area (Å²) in [6, 6.07) is 3.66. The van der Waals surface area contributed by atoms with Crippen molar-refractivity contribution in [3.63, 3.8) is 0 Å². The van der Waals surface area contributed by atoms with E-state index in [1.807, 2.05) is 32.9 Å². The van der Waals surface area contributed by atoms with Crippen molar-refractivity contribution in [3.05, 3.63) is 33.3 Å². The Kier molecular flexibility index (Phi) is 10.4. The van der Waals surface area contributed by atoms with Gasteiger partial charge in [-0.2, -0.15) is 0 Å². The van der Waals surface area contributed by atoms with E-state index in [-0.39, 0.29) is 24.0 Å². The molecule has 0 saturated heterocycles. The van der Waals surface area contributed by atoms with Gasteiger partial charge in [-0.3, -0.25) is 0 Å². The molecule has 1 heterocycles. The summed E-state index contributed by atoms with van der Waals surface area (Å²) < 4.78 is 16.3. The van der Waals surface area contributed by atoms with Gasteiger partial charge in [0.1, 0.15) is 17.2 Å². The Balaban J connectivity index is 0.00000392. The molecule has 0 fully saturated rings. The Labute approximate surface area is 187 Å². The molecule has 0 radical (unpaired) electrons. The van der Waals surface area contributed by atoms with Crippen LogP contribution >= 0.6 is 35.3 Å². The summed E-state index contributed by atoms with van der Waals surface area (Å²) in [6.07, 6.45) is 0. The van der Waals surface area contributed by atoms with Crippen molar-refractivity contribution in [2.24, 2.45) is 4.99 Å². The van der Waals surface area contributed by atoms with Crippen LogP contribution in [0.3, 0.4) is 0 Å². The van der Waals surface area contributed by atoms with Crippen LogP contribution in [0.5, 0.6) is 17.2 Å². The second-order valence-corrected chi connectivity index (χ2v) is 7.09. The second-order valence-electron chi connectivity index (χ2n) is 5.80. The number of methoxy groups -OCH3 is 3. The molecular formula is C19H29IN4O3S. The minimum absolute atomic E-state index is 0. The molecule has 0 aliphatic heterocycles. The number of guanidine groups is 1. The number of aryl methyl sites for hydroxylation is 2. The zero-order chi connectivity index (χ0) is 19.8. The minimum atomic E-state index is 0. The van der Waals surface area contributed by atoms with Gasteiger partial charge in [-0.15, -0.1) is 35.3 Å². The Hall–Kier alpha value is -1.75. The van der Waals surface area contributed by atoms with Gasteiger partial charge in [0.25, 0.3) is 0 Å². The van der Waals surface area contributed by atoms with Crippen molar-refractivity contribution in [2.45, 2.75) is 33.9 Å². The molecule has 2 rings (SSSR count). The fourth-order valence-corrected chi connectivity index (χ4v) is 3.51. The van der Waals surface area contributed by atoms with Gasteiger partial charge in [-0.05, 0) is 20.8 Å². The normalized spacial score (nSPS) is 10.9. The molecule has 1 aromatic heterocycles. The maximum absolute atomic E-state index is 5.49. The molecule has 28 heavy (non-hydrogen) atoms. The summed E-state index contributed by atoms with van der Waals surface area (Å²) in [7, 11) is 4.86. The largest absolute Gasteiger partial charge is 0.496 e. The summed E-state index contributed by atoms with van der Waals surface area (Å²) in [5, 5.41) is 7.69. The Morgan fingerprint density at radius 2 is 1.71 bits per heavy atom. The smallest absolute Gasteiger partial charge is 0.191 e. The van der Waals surface area contributed by atoms with Gasteiger partial charge >= 0.3 is 0 Å². The van der Waals surface area contributed by atoms with Crippen molar-refractivity contribution in [1.29, 1.82) is 0 Å². The van der Waals surface area contributed by atoms with Crippen molar-refractivity contribution < 1.29 is 14.2 Å². The summed E-state index contributed by atoms with van der Waals surface area (Å²) in [6.45, 7) is 7.93. The topological polar surface area (TPSA) is 77.0 Å². The van der Waals surface area contributed by atoms with E-state index in [1.54, 1.807) is 32.7 Å². The van der Waals surface area contributed by atoms with Gasteiger partial charge in [0.15, 0.2) is 5.96 Å². The molecule has 0 spiro atoms. The van der Waals surface area contributed by atoms with E-state index in [0.717, 1.165) is 28.8 Å². The molecule has 9 heteroatoms. The van der Waals surface area contributed by atoms with Gasteiger partial charge in [0.05, 0.1) is 50.7 Å². The molecule has 0 atom stereocenters. The number of ether oxygens (including phenoxy) is 3. The van der Waals surface area contributed by atoms with E-state index in [9.17, 15) is 0 Å². The number of halogens is 1. The lowest BCUT2D eigenvalue weighted by atomic mass is 10.1. The zero-order valence-electron chi connectivity index (χ0n) is 17.2. The predicted octanol–water partition coefficient (Wildman–Crippen LogP) is 3.66. The molecule has 0 bridgehead atoms. The molecule has 7 nitrogen and oxygen atoms in total. The Morgan fingerprint density at radius 1 is 1.07 bits per heavy atom. The zero-order valence-corrected chi connectivity index (χ0v) is 20.4. The van der Waals surface area contributed by atoms with Crippen LogP contribution < -0.4 is 24.8 Å². The molecule has 2 N–H and O–H groups in total. The standard InChI is InChI=1S/C19H28N4O3S.HI/c1-7-20-19(22-11-18-12(2)23-13(3)27-18)21-10-15-16(25-5)8-14(24-4)9-17(15)26-6;/h8-9H,7,10-11H2,1-6H3,(H2,20,21,22);1H. The van der Waals surface area contributed by atoms with Crippen molar-refractivity contribution in [1.82, 2.24) is 15.6 Å². The molecule has 1 aromatic carbocycles. The van der Waals surface area contributed by atoms with Crippen LogP contribution in [0.15, 0.2) is 17.1 Å². The van der Waals surface area contributed by atoms with Gasteiger partial charge in [0, 0.05) is 23.6 Å². The number of rotatable bonds is 8. The van der Waals surface area contributed by atoms with E-state index < -0.39 is 0 Å². The number of benzene rings is 1. The summed E-state index contributed by atoms with van der Waals surface area (Å²) in [5.74, 6) is 2.76. The van der Waals surface area contributed by atoms with E-state index in [1.165, 1.54) is 4.88 Å². The average Bonchev–Trinajstić information content (AvgIpc) is 3.00. The SMILES string of the molecule is CCNC(=NCc1c(OC)cc(OC)cc1OC)NCc1sc(C)nc1C.I. The molecule has 0 aliphatic rings. The fourth-order valence-electron chi connectivity index (χ4n) is 2.64. The maximum atomic E-state index is 5.49. The van der Waals surface area contributed by atoms with E-state index in [0.29, 0.717) is 30.3 Å². The number of nitrogens with one attached hydrogen (secondary N) is 2. The lowest BCUT2D eigenvalue weighted by Crippen LogP contribution is -2.36. The first kappa shape index (κ1) is 24.3. The molecule has 2 aromatic rings. The van der Waals surface area contributed by atoms with Gasteiger partial charge in [0.2, 0.25) is 0 Å². The van der Waals surface area contributed by atoms with Crippen LogP contribution in [-0.4, -0.2) is 38.8 Å². The number of hydrogen-bond acceptors (Lipinski definition) is 6. The van der Waals surface area contributed by atoms with Crippen molar-refractivity contribution >= 4 is 41.3 Å². The van der Waals surface area contributed by atoms with Crippen molar-refractivity contribution in [3.8, 4) is 17.2 Å². The molecule has 0 aliphatic carbocycles. The quantitative estimate of drug-likeness (QED) is 0.315. The summed E-state index contributed by atoms with van der Waals surface area (Å²) in [5.41, 5.74) is 1.92. The van der Waals surface area contributed by atoms with Gasteiger partial charge in [-0.25, -0.2) is 9.98 Å². The van der Waals surface area contributed by atoms with Crippen LogP contribution in [0.2, 0.25) is 0 Å². The van der Waals surface area contributed by atoms with Crippen molar-refractivity contribution in [2.75, 3.05) is 27.9 Å². The lowest BCUT2D eigenvalue weighted by molar-refractivity contribution is 0.369. The van der Waals surface area contributed by atoms with E-state index in [2.05, 4.69) is 20.6 Å². The minimum Gasteiger partial charge on any atom is -0.496 e.